The monoisotopic (exact) mass is 355 g/mol. The van der Waals surface area contributed by atoms with Crippen molar-refractivity contribution in [2.75, 3.05) is 31.6 Å². The number of piperazine rings is 1. The number of carbonyl (C=O) groups is 1. The summed E-state index contributed by atoms with van der Waals surface area (Å²) in [6.07, 6.45) is 2.05. The first-order valence-electron chi connectivity index (χ1n) is 8.90. The minimum Gasteiger partial charge on any atom is -0.495 e. The van der Waals surface area contributed by atoms with Crippen LogP contribution >= 0.6 is 0 Å². The number of amides is 1. The van der Waals surface area contributed by atoms with Gasteiger partial charge in [-0.15, -0.1) is 0 Å². The molecule has 1 fully saturated rings. The van der Waals surface area contributed by atoms with E-state index in [1.54, 1.807) is 7.11 Å². The molecule has 1 N–H and O–H groups in total. The average molecular weight is 355 g/mol. The van der Waals surface area contributed by atoms with Crippen molar-refractivity contribution in [1.29, 1.82) is 0 Å². The van der Waals surface area contributed by atoms with Gasteiger partial charge in [-0.2, -0.15) is 0 Å². The van der Waals surface area contributed by atoms with Crippen molar-refractivity contribution >= 4 is 22.5 Å². The maximum Gasteiger partial charge on any atom is 0.251 e. The number of aromatic amines is 1. The maximum absolute atomic E-state index is 12.1. The molecule has 0 bridgehead atoms. The number of methoxy groups -OCH3 is 1. The van der Waals surface area contributed by atoms with E-state index in [1.165, 1.54) is 6.08 Å². The largest absolute Gasteiger partial charge is 0.495 e. The molecule has 2 aromatic rings. The number of fused-ring (bicyclic) bond motifs is 1. The van der Waals surface area contributed by atoms with Crippen LogP contribution in [-0.2, 0) is 11.2 Å². The average Bonchev–Trinajstić information content (AvgIpc) is 2.65. The molecule has 0 aliphatic carbocycles. The van der Waals surface area contributed by atoms with E-state index >= 15 is 0 Å². The number of aryl methyl sites for hydroxylation is 1. The standard InChI is InChI=1S/C20H25N3O3/c1-5-14-9-15-10-17(18(26-4)11-16(15)21-20(14)25)22-7-8-23(13(3)12-22)19(24)6-2/h6,9-11,13H,2,5,7-8,12H2,1,3-4H3,(H,21,25)/t13-/m1/s1. The van der Waals surface area contributed by atoms with Crippen molar-refractivity contribution in [2.45, 2.75) is 26.3 Å². The lowest BCUT2D eigenvalue weighted by atomic mass is 10.1. The SMILES string of the molecule is C=CC(=O)N1CCN(c2cc3cc(CC)c(=O)[nH]c3cc2OC)C[C@H]1C. The van der Waals surface area contributed by atoms with Crippen molar-refractivity contribution in [3.05, 3.63) is 46.8 Å². The van der Waals surface area contributed by atoms with Gasteiger partial charge in [-0.05, 0) is 31.6 Å². The smallest absolute Gasteiger partial charge is 0.251 e. The fourth-order valence-electron chi connectivity index (χ4n) is 3.56. The molecule has 0 spiro atoms. The van der Waals surface area contributed by atoms with Gasteiger partial charge in [0.1, 0.15) is 5.75 Å². The first-order valence-corrected chi connectivity index (χ1v) is 8.90. The fraction of sp³-hybridized carbons (Fsp3) is 0.400. The molecule has 1 aliphatic rings. The molecule has 26 heavy (non-hydrogen) atoms. The topological polar surface area (TPSA) is 65.6 Å². The van der Waals surface area contributed by atoms with Crippen LogP contribution in [0.2, 0.25) is 0 Å². The Labute approximate surface area is 153 Å². The van der Waals surface area contributed by atoms with Crippen LogP contribution in [0.4, 0.5) is 5.69 Å². The van der Waals surface area contributed by atoms with Gasteiger partial charge in [0, 0.05) is 42.7 Å². The maximum atomic E-state index is 12.1. The van der Waals surface area contributed by atoms with E-state index in [0.717, 1.165) is 28.7 Å². The molecule has 1 aromatic heterocycles. The molecule has 3 rings (SSSR count). The van der Waals surface area contributed by atoms with Crippen LogP contribution in [0.1, 0.15) is 19.4 Å². The van der Waals surface area contributed by atoms with Crippen LogP contribution in [0.25, 0.3) is 10.9 Å². The lowest BCUT2D eigenvalue weighted by Gasteiger charge is -2.41. The van der Waals surface area contributed by atoms with Gasteiger partial charge >= 0.3 is 0 Å². The van der Waals surface area contributed by atoms with Crippen LogP contribution in [0.5, 0.6) is 5.75 Å². The van der Waals surface area contributed by atoms with Gasteiger partial charge in [-0.1, -0.05) is 13.5 Å². The summed E-state index contributed by atoms with van der Waals surface area (Å²) in [7, 11) is 1.63. The Morgan fingerprint density at radius 1 is 1.38 bits per heavy atom. The Balaban J connectivity index is 1.99. The van der Waals surface area contributed by atoms with Crippen LogP contribution in [0, 0.1) is 0 Å². The first kappa shape index (κ1) is 18.0. The van der Waals surface area contributed by atoms with Crippen molar-refractivity contribution in [3.8, 4) is 5.75 Å². The van der Waals surface area contributed by atoms with Gasteiger partial charge in [0.05, 0.1) is 18.3 Å². The van der Waals surface area contributed by atoms with Crippen molar-refractivity contribution in [1.82, 2.24) is 9.88 Å². The van der Waals surface area contributed by atoms with E-state index in [-0.39, 0.29) is 17.5 Å². The Morgan fingerprint density at radius 2 is 2.15 bits per heavy atom. The zero-order valence-electron chi connectivity index (χ0n) is 15.5. The highest BCUT2D eigenvalue weighted by Crippen LogP contribution is 2.33. The van der Waals surface area contributed by atoms with Gasteiger partial charge in [-0.25, -0.2) is 0 Å². The van der Waals surface area contributed by atoms with Crippen molar-refractivity contribution < 1.29 is 9.53 Å². The number of pyridine rings is 1. The van der Waals surface area contributed by atoms with E-state index in [9.17, 15) is 9.59 Å². The van der Waals surface area contributed by atoms with Crippen molar-refractivity contribution in [3.63, 3.8) is 0 Å². The quantitative estimate of drug-likeness (QED) is 0.855. The predicted molar refractivity (Wildman–Crippen MR) is 104 cm³/mol. The van der Waals surface area contributed by atoms with Crippen LogP contribution in [0.15, 0.2) is 35.6 Å². The second-order valence-electron chi connectivity index (χ2n) is 6.62. The van der Waals surface area contributed by atoms with Gasteiger partial charge in [0.15, 0.2) is 0 Å². The normalized spacial score (nSPS) is 17.4. The van der Waals surface area contributed by atoms with Gasteiger partial charge in [0.2, 0.25) is 5.91 Å². The summed E-state index contributed by atoms with van der Waals surface area (Å²) in [4.78, 5) is 31.0. The molecule has 1 aromatic carbocycles. The van der Waals surface area contributed by atoms with Crippen LogP contribution < -0.4 is 15.2 Å². The third-order valence-corrected chi connectivity index (χ3v) is 5.03. The Morgan fingerprint density at radius 3 is 2.77 bits per heavy atom. The van der Waals surface area contributed by atoms with E-state index in [2.05, 4.69) is 22.5 Å². The van der Waals surface area contributed by atoms with E-state index < -0.39 is 0 Å². The molecular formula is C20H25N3O3. The third-order valence-electron chi connectivity index (χ3n) is 5.03. The molecule has 6 nitrogen and oxygen atoms in total. The molecular weight excluding hydrogens is 330 g/mol. The molecule has 138 valence electrons. The number of nitrogens with one attached hydrogen (secondary N) is 1. The minimum atomic E-state index is -0.0556. The Bertz CT molecular complexity index is 903. The number of carbonyl (C=O) groups excluding carboxylic acids is 1. The number of anilines is 1. The van der Waals surface area contributed by atoms with Gasteiger partial charge in [0.25, 0.3) is 5.56 Å². The number of hydrogen-bond donors (Lipinski definition) is 1. The second-order valence-corrected chi connectivity index (χ2v) is 6.62. The lowest BCUT2D eigenvalue weighted by Crippen LogP contribution is -2.53. The minimum absolute atomic E-state index is 0.0345. The number of rotatable bonds is 4. The third kappa shape index (κ3) is 3.19. The molecule has 1 amide bonds. The van der Waals surface area contributed by atoms with E-state index in [4.69, 9.17) is 4.74 Å². The summed E-state index contributed by atoms with van der Waals surface area (Å²) in [6, 6.07) is 5.95. The summed E-state index contributed by atoms with van der Waals surface area (Å²) in [5.41, 5.74) is 2.45. The number of aromatic nitrogens is 1. The molecule has 0 radical (unpaired) electrons. The summed E-state index contributed by atoms with van der Waals surface area (Å²) < 4.78 is 5.57. The van der Waals surface area contributed by atoms with Crippen LogP contribution in [0.3, 0.4) is 0 Å². The number of nitrogens with zero attached hydrogens (tertiary/aromatic N) is 2. The Kier molecular flexibility index (Phi) is 5.02. The molecule has 1 aliphatic heterocycles. The molecule has 0 saturated carbocycles. The predicted octanol–water partition coefficient (Wildman–Crippen LogP) is 2.32. The summed E-state index contributed by atoms with van der Waals surface area (Å²) in [6.45, 7) is 9.65. The fourth-order valence-corrected chi connectivity index (χ4v) is 3.56. The first-order chi connectivity index (χ1) is 12.5. The van der Waals surface area contributed by atoms with Gasteiger partial charge < -0.3 is 19.5 Å². The van der Waals surface area contributed by atoms with E-state index in [1.807, 2.05) is 30.9 Å². The highest BCUT2D eigenvalue weighted by Gasteiger charge is 2.27. The number of benzene rings is 1. The molecule has 0 unspecified atom stereocenters. The summed E-state index contributed by atoms with van der Waals surface area (Å²) >= 11 is 0. The molecule has 1 saturated heterocycles. The lowest BCUT2D eigenvalue weighted by molar-refractivity contribution is -0.128. The van der Waals surface area contributed by atoms with Gasteiger partial charge in [-0.3, -0.25) is 9.59 Å². The zero-order chi connectivity index (χ0) is 18.8. The zero-order valence-corrected chi connectivity index (χ0v) is 15.5. The number of H-pyrrole nitrogens is 1. The molecule has 1 atom stereocenters. The Hall–Kier alpha value is -2.76. The van der Waals surface area contributed by atoms with E-state index in [0.29, 0.717) is 25.3 Å². The number of hydrogen-bond acceptors (Lipinski definition) is 4. The highest BCUT2D eigenvalue weighted by molar-refractivity contribution is 5.88. The second kappa shape index (κ2) is 7.23. The van der Waals surface area contributed by atoms with Crippen molar-refractivity contribution in [2.24, 2.45) is 0 Å². The molecule has 6 heteroatoms. The van der Waals surface area contributed by atoms with Crippen LogP contribution in [-0.4, -0.2) is 48.6 Å². The summed E-state index contributed by atoms with van der Waals surface area (Å²) in [5.74, 6) is 0.681. The molecule has 2 heterocycles. The number of ether oxygens (including phenoxy) is 1. The summed E-state index contributed by atoms with van der Waals surface area (Å²) in [5, 5.41) is 0.981. The highest BCUT2D eigenvalue weighted by atomic mass is 16.5.